The summed E-state index contributed by atoms with van der Waals surface area (Å²) in [5.41, 5.74) is 9.58. The minimum atomic E-state index is 1.05. The zero-order valence-corrected chi connectivity index (χ0v) is 23.1. The molecule has 0 saturated carbocycles. The van der Waals surface area contributed by atoms with Gasteiger partial charge in [0.05, 0.1) is 0 Å². The molecule has 0 atom stereocenters. The highest BCUT2D eigenvalue weighted by Crippen LogP contribution is 2.41. The molecular formula is C39H33N. The molecule has 0 aliphatic carbocycles. The summed E-state index contributed by atoms with van der Waals surface area (Å²) in [7, 11) is 0. The Morgan fingerprint density at radius 1 is 0.575 bits per heavy atom. The van der Waals surface area contributed by atoms with Gasteiger partial charge in [-0.2, -0.15) is 0 Å². The minimum absolute atomic E-state index is 1.05. The van der Waals surface area contributed by atoms with Crippen molar-refractivity contribution in [2.24, 2.45) is 0 Å². The zero-order chi connectivity index (χ0) is 27.5. The Labute approximate surface area is 237 Å². The average Bonchev–Trinajstić information content (AvgIpc) is 3.02. The zero-order valence-electron chi connectivity index (χ0n) is 23.1. The number of nitrogens with zero attached hydrogens (tertiary/aromatic N) is 1. The molecule has 0 bridgehead atoms. The SMILES string of the molecule is C=Cc1c(/C=C\C)c2ccc(N(c3ccccc3)c3ccc(-c4ccc(CC)cc4)cc3)cc2c2ccccc12. The monoisotopic (exact) mass is 515 g/mol. The fourth-order valence-corrected chi connectivity index (χ4v) is 5.70. The summed E-state index contributed by atoms with van der Waals surface area (Å²) in [5.74, 6) is 0. The number of hydrogen-bond donors (Lipinski definition) is 0. The number of rotatable bonds is 7. The first-order valence-corrected chi connectivity index (χ1v) is 14.0. The number of para-hydroxylation sites is 1. The Balaban J connectivity index is 1.53. The lowest BCUT2D eigenvalue weighted by molar-refractivity contribution is 1.14. The molecule has 0 aliphatic heterocycles. The lowest BCUT2D eigenvalue weighted by Gasteiger charge is -2.26. The van der Waals surface area contributed by atoms with E-state index < -0.39 is 0 Å². The molecule has 6 aromatic carbocycles. The van der Waals surface area contributed by atoms with E-state index >= 15 is 0 Å². The Hall–Kier alpha value is -4.88. The third-order valence-corrected chi connectivity index (χ3v) is 7.72. The summed E-state index contributed by atoms with van der Waals surface area (Å²) < 4.78 is 0. The van der Waals surface area contributed by atoms with E-state index in [9.17, 15) is 0 Å². The molecule has 0 unspecified atom stereocenters. The molecule has 194 valence electrons. The molecule has 0 fully saturated rings. The van der Waals surface area contributed by atoms with E-state index in [0.29, 0.717) is 0 Å². The number of benzene rings is 6. The van der Waals surface area contributed by atoms with Gasteiger partial charge in [0.1, 0.15) is 0 Å². The molecule has 1 heteroatoms. The van der Waals surface area contributed by atoms with Gasteiger partial charge in [-0.1, -0.05) is 117 Å². The molecule has 0 N–H and O–H groups in total. The Bertz CT molecular complexity index is 1830. The van der Waals surface area contributed by atoms with Gasteiger partial charge in [0.15, 0.2) is 0 Å². The number of aryl methyl sites for hydroxylation is 1. The summed E-state index contributed by atoms with van der Waals surface area (Å²) in [5, 5.41) is 4.93. The fourth-order valence-electron chi connectivity index (χ4n) is 5.70. The van der Waals surface area contributed by atoms with Crippen molar-refractivity contribution in [1.29, 1.82) is 0 Å². The van der Waals surface area contributed by atoms with Crippen molar-refractivity contribution < 1.29 is 0 Å². The van der Waals surface area contributed by atoms with E-state index in [-0.39, 0.29) is 0 Å². The summed E-state index contributed by atoms with van der Waals surface area (Å²) in [4.78, 5) is 2.34. The first-order valence-electron chi connectivity index (χ1n) is 14.0. The van der Waals surface area contributed by atoms with Gasteiger partial charge in [-0.25, -0.2) is 0 Å². The normalized spacial score (nSPS) is 11.3. The smallest absolute Gasteiger partial charge is 0.0468 e. The number of anilines is 3. The average molecular weight is 516 g/mol. The van der Waals surface area contributed by atoms with Gasteiger partial charge in [0, 0.05) is 17.1 Å². The predicted molar refractivity (Wildman–Crippen MR) is 176 cm³/mol. The molecule has 40 heavy (non-hydrogen) atoms. The van der Waals surface area contributed by atoms with E-state index in [4.69, 9.17) is 0 Å². The second-order valence-corrected chi connectivity index (χ2v) is 10.1. The molecule has 0 aliphatic rings. The second-order valence-electron chi connectivity index (χ2n) is 10.1. The lowest BCUT2D eigenvalue weighted by Crippen LogP contribution is -2.09. The van der Waals surface area contributed by atoms with Crippen molar-refractivity contribution in [1.82, 2.24) is 0 Å². The molecule has 0 heterocycles. The predicted octanol–water partition coefficient (Wildman–Crippen LogP) is 11.4. The van der Waals surface area contributed by atoms with Gasteiger partial charge >= 0.3 is 0 Å². The molecular weight excluding hydrogens is 482 g/mol. The van der Waals surface area contributed by atoms with Crippen LogP contribution in [0, 0.1) is 0 Å². The first kappa shape index (κ1) is 25.4. The van der Waals surface area contributed by atoms with Crippen LogP contribution in [-0.4, -0.2) is 0 Å². The molecule has 1 nitrogen and oxygen atoms in total. The lowest BCUT2D eigenvalue weighted by atomic mass is 9.91. The van der Waals surface area contributed by atoms with Crippen molar-refractivity contribution in [3.8, 4) is 11.1 Å². The number of hydrogen-bond acceptors (Lipinski definition) is 1. The van der Waals surface area contributed by atoms with Crippen LogP contribution >= 0.6 is 0 Å². The van der Waals surface area contributed by atoms with E-state index in [1.165, 1.54) is 49.4 Å². The Morgan fingerprint density at radius 3 is 1.80 bits per heavy atom. The van der Waals surface area contributed by atoms with Crippen molar-refractivity contribution in [2.45, 2.75) is 20.3 Å². The summed E-state index contributed by atoms with van der Waals surface area (Å²) in [6, 6.07) is 43.9. The van der Waals surface area contributed by atoms with Crippen LogP contribution in [0.1, 0.15) is 30.5 Å². The van der Waals surface area contributed by atoms with Crippen molar-refractivity contribution >= 4 is 50.8 Å². The van der Waals surface area contributed by atoms with Crippen LogP contribution in [0.4, 0.5) is 17.1 Å². The van der Waals surface area contributed by atoms with E-state index in [1.807, 2.05) is 6.08 Å². The van der Waals surface area contributed by atoms with Crippen LogP contribution in [0.2, 0.25) is 0 Å². The van der Waals surface area contributed by atoms with Gasteiger partial charge in [-0.3, -0.25) is 0 Å². The van der Waals surface area contributed by atoms with E-state index in [2.05, 4.69) is 159 Å². The topological polar surface area (TPSA) is 3.24 Å². The van der Waals surface area contributed by atoms with Crippen molar-refractivity contribution in [3.63, 3.8) is 0 Å². The van der Waals surface area contributed by atoms with Crippen LogP contribution in [0.5, 0.6) is 0 Å². The number of fused-ring (bicyclic) bond motifs is 3. The van der Waals surface area contributed by atoms with Gasteiger partial charge in [-0.05, 0) is 99.1 Å². The summed E-state index contributed by atoms with van der Waals surface area (Å²) >= 11 is 0. The molecule has 6 aromatic rings. The van der Waals surface area contributed by atoms with Gasteiger partial charge in [-0.15, -0.1) is 0 Å². The Morgan fingerprint density at radius 2 is 1.15 bits per heavy atom. The molecule has 0 radical (unpaired) electrons. The van der Waals surface area contributed by atoms with E-state index in [1.54, 1.807) is 0 Å². The van der Waals surface area contributed by atoms with Crippen molar-refractivity contribution in [3.05, 3.63) is 151 Å². The van der Waals surface area contributed by atoms with E-state index in [0.717, 1.165) is 23.5 Å². The second kappa shape index (κ2) is 11.1. The third-order valence-electron chi connectivity index (χ3n) is 7.72. The third kappa shape index (κ3) is 4.61. The minimum Gasteiger partial charge on any atom is -0.310 e. The van der Waals surface area contributed by atoms with Gasteiger partial charge < -0.3 is 4.90 Å². The van der Waals surface area contributed by atoms with Crippen LogP contribution in [0.15, 0.2) is 134 Å². The quantitative estimate of drug-likeness (QED) is 0.191. The summed E-state index contributed by atoms with van der Waals surface area (Å²) in [6.45, 7) is 8.41. The van der Waals surface area contributed by atoms with Gasteiger partial charge in [0.25, 0.3) is 0 Å². The van der Waals surface area contributed by atoms with Gasteiger partial charge in [0.2, 0.25) is 0 Å². The highest BCUT2D eigenvalue weighted by Gasteiger charge is 2.16. The first-order chi connectivity index (χ1) is 19.7. The molecule has 6 rings (SSSR count). The van der Waals surface area contributed by atoms with Crippen LogP contribution in [-0.2, 0) is 6.42 Å². The standard InChI is InChI=1S/C39H33N/c1-4-12-35-34(6-3)36-15-10-11-16-37(36)39-27-33(25-26-38(35)39)40(31-13-8-7-9-14-31)32-23-21-30(22-24-32)29-19-17-28(5-2)18-20-29/h4,6-27H,3,5H2,1-2H3/b12-4-. The maximum Gasteiger partial charge on any atom is 0.0468 e. The molecule has 0 aromatic heterocycles. The molecule has 0 spiro atoms. The maximum absolute atomic E-state index is 4.15. The van der Waals surface area contributed by atoms with Crippen LogP contribution in [0.25, 0.3) is 44.8 Å². The van der Waals surface area contributed by atoms with Crippen molar-refractivity contribution in [2.75, 3.05) is 4.90 Å². The highest BCUT2D eigenvalue weighted by molar-refractivity contribution is 6.15. The summed E-state index contributed by atoms with van der Waals surface area (Å²) in [6.07, 6.45) is 7.35. The maximum atomic E-state index is 4.15. The molecule has 0 amide bonds. The fraction of sp³-hybridized carbons (Fsp3) is 0.0769. The Kier molecular flexibility index (Phi) is 7.04. The van der Waals surface area contributed by atoms with Crippen LogP contribution in [0.3, 0.4) is 0 Å². The highest BCUT2D eigenvalue weighted by atomic mass is 15.1. The molecule has 0 saturated heterocycles. The largest absolute Gasteiger partial charge is 0.310 e. The number of allylic oxidation sites excluding steroid dienone is 1. The van der Waals surface area contributed by atoms with Crippen LogP contribution < -0.4 is 4.90 Å².